The molecule has 1 saturated carbocycles. The van der Waals surface area contributed by atoms with E-state index in [9.17, 15) is 0 Å². The lowest BCUT2D eigenvalue weighted by Crippen LogP contribution is -2.62. The molecule has 3 aliphatic rings. The number of hydrogen-bond donors (Lipinski definition) is 1. The van der Waals surface area contributed by atoms with Crippen molar-refractivity contribution in [3.8, 4) is 0 Å². The van der Waals surface area contributed by atoms with Crippen molar-refractivity contribution in [3.05, 3.63) is 0 Å². The summed E-state index contributed by atoms with van der Waals surface area (Å²) in [5, 5.41) is 0. The highest BCUT2D eigenvalue weighted by Crippen LogP contribution is 2.33. The fourth-order valence-corrected chi connectivity index (χ4v) is 4.68. The lowest BCUT2D eigenvalue weighted by molar-refractivity contribution is 0.000670. The van der Waals surface area contributed by atoms with E-state index in [1.807, 2.05) is 0 Å². The first kappa shape index (κ1) is 13.8. The average Bonchev–Trinajstić information content (AvgIpc) is 2.85. The number of nitrogens with zero attached hydrogens (tertiary/aromatic N) is 2. The van der Waals surface area contributed by atoms with Gasteiger partial charge in [-0.15, -0.1) is 0 Å². The number of rotatable bonds is 2. The Morgan fingerprint density at radius 2 is 2.00 bits per heavy atom. The molecule has 0 aromatic heterocycles. The first-order chi connectivity index (χ1) is 9.19. The predicted molar refractivity (Wildman–Crippen MR) is 80.2 cm³/mol. The Hall–Kier alpha value is -0.120. The first-order valence-corrected chi connectivity index (χ1v) is 8.44. The van der Waals surface area contributed by atoms with Crippen LogP contribution in [0.2, 0.25) is 0 Å². The SMILES string of the molecule is CCC1CCC(N)C(N2CC3CCCN3CC2C)C1. The zero-order chi connectivity index (χ0) is 13.4. The van der Waals surface area contributed by atoms with Gasteiger partial charge in [-0.3, -0.25) is 9.80 Å². The Kier molecular flexibility index (Phi) is 4.16. The Labute approximate surface area is 118 Å². The maximum absolute atomic E-state index is 6.47. The lowest BCUT2D eigenvalue weighted by atomic mass is 9.80. The largest absolute Gasteiger partial charge is 0.326 e. The molecule has 3 fully saturated rings. The van der Waals surface area contributed by atoms with E-state index in [2.05, 4.69) is 23.6 Å². The van der Waals surface area contributed by atoms with E-state index in [1.165, 1.54) is 58.2 Å². The predicted octanol–water partition coefficient (Wildman–Crippen LogP) is 2.06. The van der Waals surface area contributed by atoms with Gasteiger partial charge in [0.2, 0.25) is 0 Å². The molecule has 0 aromatic carbocycles. The molecule has 2 aliphatic heterocycles. The molecule has 0 amide bonds. The molecule has 3 nitrogen and oxygen atoms in total. The molecular formula is C16H31N3. The number of piperazine rings is 1. The third-order valence-electron chi connectivity index (χ3n) is 5.97. The number of hydrogen-bond acceptors (Lipinski definition) is 3. The van der Waals surface area contributed by atoms with Gasteiger partial charge < -0.3 is 5.73 Å². The second kappa shape index (κ2) is 5.71. The zero-order valence-electron chi connectivity index (χ0n) is 12.7. The summed E-state index contributed by atoms with van der Waals surface area (Å²) in [4.78, 5) is 5.49. The fraction of sp³-hybridized carbons (Fsp3) is 1.00. The smallest absolute Gasteiger partial charge is 0.0253 e. The van der Waals surface area contributed by atoms with Crippen LogP contribution in [0.3, 0.4) is 0 Å². The van der Waals surface area contributed by atoms with E-state index >= 15 is 0 Å². The molecule has 110 valence electrons. The highest BCUT2D eigenvalue weighted by atomic mass is 15.3. The first-order valence-electron chi connectivity index (χ1n) is 8.44. The van der Waals surface area contributed by atoms with Crippen molar-refractivity contribution in [2.45, 2.75) is 76.5 Å². The molecule has 0 bridgehead atoms. The van der Waals surface area contributed by atoms with Crippen LogP contribution in [-0.4, -0.2) is 53.6 Å². The van der Waals surface area contributed by atoms with Gasteiger partial charge >= 0.3 is 0 Å². The van der Waals surface area contributed by atoms with Gasteiger partial charge in [-0.2, -0.15) is 0 Å². The topological polar surface area (TPSA) is 32.5 Å². The molecule has 3 rings (SSSR count). The van der Waals surface area contributed by atoms with Crippen molar-refractivity contribution < 1.29 is 0 Å². The molecule has 2 N–H and O–H groups in total. The Bertz CT molecular complexity index is 306. The molecule has 5 unspecified atom stereocenters. The molecule has 1 aliphatic carbocycles. The van der Waals surface area contributed by atoms with Gasteiger partial charge in [0.25, 0.3) is 0 Å². The monoisotopic (exact) mass is 265 g/mol. The van der Waals surface area contributed by atoms with Crippen molar-refractivity contribution in [2.75, 3.05) is 19.6 Å². The van der Waals surface area contributed by atoms with Crippen LogP contribution in [0.25, 0.3) is 0 Å². The summed E-state index contributed by atoms with van der Waals surface area (Å²) in [6.07, 6.45) is 8.07. The number of nitrogens with two attached hydrogens (primary N) is 1. The molecule has 0 aromatic rings. The van der Waals surface area contributed by atoms with Crippen LogP contribution in [0.1, 0.15) is 52.4 Å². The van der Waals surface area contributed by atoms with Crippen molar-refractivity contribution >= 4 is 0 Å². The minimum absolute atomic E-state index is 0.415. The van der Waals surface area contributed by atoms with E-state index in [0.29, 0.717) is 18.1 Å². The summed E-state index contributed by atoms with van der Waals surface area (Å²) in [6.45, 7) is 8.63. The Balaban J connectivity index is 1.69. The van der Waals surface area contributed by atoms with Crippen molar-refractivity contribution in [1.82, 2.24) is 9.80 Å². The molecule has 2 heterocycles. The van der Waals surface area contributed by atoms with Crippen LogP contribution < -0.4 is 5.73 Å². The standard InChI is InChI=1S/C16H31N3/c1-3-13-6-7-15(17)16(9-13)19-11-14-5-4-8-18(14)10-12(19)2/h12-16H,3-11,17H2,1-2H3. The molecule has 0 radical (unpaired) electrons. The Morgan fingerprint density at radius 1 is 1.16 bits per heavy atom. The van der Waals surface area contributed by atoms with Crippen LogP contribution in [0.4, 0.5) is 0 Å². The summed E-state index contributed by atoms with van der Waals surface area (Å²) in [5.74, 6) is 0.915. The summed E-state index contributed by atoms with van der Waals surface area (Å²) in [7, 11) is 0. The molecule has 0 spiro atoms. The normalized spacial score (nSPS) is 45.3. The number of fused-ring (bicyclic) bond motifs is 1. The summed E-state index contributed by atoms with van der Waals surface area (Å²) in [5.41, 5.74) is 6.47. The van der Waals surface area contributed by atoms with E-state index in [0.717, 1.165) is 12.0 Å². The van der Waals surface area contributed by atoms with Crippen molar-refractivity contribution in [2.24, 2.45) is 11.7 Å². The summed E-state index contributed by atoms with van der Waals surface area (Å²) >= 11 is 0. The van der Waals surface area contributed by atoms with Crippen LogP contribution in [0.15, 0.2) is 0 Å². The highest BCUT2D eigenvalue weighted by molar-refractivity contribution is 4.97. The quantitative estimate of drug-likeness (QED) is 0.829. The molecule has 5 atom stereocenters. The zero-order valence-corrected chi connectivity index (χ0v) is 12.7. The maximum atomic E-state index is 6.47. The van der Waals surface area contributed by atoms with Gasteiger partial charge in [-0.25, -0.2) is 0 Å². The summed E-state index contributed by atoms with van der Waals surface area (Å²) in [6, 6.07) is 2.58. The van der Waals surface area contributed by atoms with E-state index in [4.69, 9.17) is 5.73 Å². The van der Waals surface area contributed by atoms with Crippen LogP contribution in [0.5, 0.6) is 0 Å². The van der Waals surface area contributed by atoms with Crippen LogP contribution in [-0.2, 0) is 0 Å². The highest BCUT2D eigenvalue weighted by Gasteiger charge is 2.40. The molecule has 3 heteroatoms. The van der Waals surface area contributed by atoms with Crippen LogP contribution >= 0.6 is 0 Å². The molecule has 19 heavy (non-hydrogen) atoms. The minimum atomic E-state index is 0.415. The van der Waals surface area contributed by atoms with Crippen LogP contribution in [0, 0.1) is 5.92 Å². The maximum Gasteiger partial charge on any atom is 0.0253 e. The third-order valence-corrected chi connectivity index (χ3v) is 5.97. The van der Waals surface area contributed by atoms with Crippen molar-refractivity contribution in [3.63, 3.8) is 0 Å². The fourth-order valence-electron chi connectivity index (χ4n) is 4.68. The van der Waals surface area contributed by atoms with E-state index < -0.39 is 0 Å². The minimum Gasteiger partial charge on any atom is -0.326 e. The van der Waals surface area contributed by atoms with Gasteiger partial charge in [0, 0.05) is 37.3 Å². The van der Waals surface area contributed by atoms with Gasteiger partial charge in [0.15, 0.2) is 0 Å². The molecular weight excluding hydrogens is 234 g/mol. The van der Waals surface area contributed by atoms with E-state index in [-0.39, 0.29) is 0 Å². The van der Waals surface area contributed by atoms with Crippen molar-refractivity contribution in [1.29, 1.82) is 0 Å². The second-order valence-corrected chi connectivity index (χ2v) is 7.16. The Morgan fingerprint density at radius 3 is 2.79 bits per heavy atom. The summed E-state index contributed by atoms with van der Waals surface area (Å²) < 4.78 is 0. The molecule has 2 saturated heterocycles. The van der Waals surface area contributed by atoms with Gasteiger partial charge in [0.1, 0.15) is 0 Å². The van der Waals surface area contributed by atoms with Gasteiger partial charge in [0.05, 0.1) is 0 Å². The van der Waals surface area contributed by atoms with E-state index in [1.54, 1.807) is 0 Å². The van der Waals surface area contributed by atoms with Gasteiger partial charge in [-0.1, -0.05) is 13.3 Å². The third kappa shape index (κ3) is 2.70. The average molecular weight is 265 g/mol. The second-order valence-electron chi connectivity index (χ2n) is 7.16. The lowest BCUT2D eigenvalue weighted by Gasteiger charge is -2.50. The van der Waals surface area contributed by atoms with Gasteiger partial charge in [-0.05, 0) is 51.5 Å².